The van der Waals surface area contributed by atoms with Crippen molar-refractivity contribution < 1.29 is 23.4 Å². The van der Waals surface area contributed by atoms with Gasteiger partial charge in [0.2, 0.25) is 10.0 Å². The van der Waals surface area contributed by atoms with Gasteiger partial charge in [0.05, 0.1) is 30.2 Å². The van der Waals surface area contributed by atoms with Crippen molar-refractivity contribution in [3.8, 4) is 5.75 Å². The molecule has 182 valence electrons. The number of hydrogen-bond acceptors (Lipinski definition) is 6. The molecule has 0 radical (unpaired) electrons. The first-order valence-corrected chi connectivity index (χ1v) is 12.5. The number of benzene rings is 3. The Morgan fingerprint density at radius 3 is 2.56 bits per heavy atom. The van der Waals surface area contributed by atoms with E-state index in [1.807, 2.05) is 36.4 Å². The molecule has 0 spiro atoms. The van der Waals surface area contributed by atoms with Crippen molar-refractivity contribution in [2.24, 2.45) is 0 Å². The molecule has 0 aliphatic carbocycles. The Bertz CT molecular complexity index is 1370. The largest absolute Gasteiger partial charge is 0.492 e. The van der Waals surface area contributed by atoms with Crippen molar-refractivity contribution in [1.29, 1.82) is 0 Å². The van der Waals surface area contributed by atoms with E-state index in [1.165, 1.54) is 11.5 Å². The van der Waals surface area contributed by atoms with Gasteiger partial charge in [-0.05, 0) is 29.8 Å². The monoisotopic (exact) mass is 505 g/mol. The van der Waals surface area contributed by atoms with Gasteiger partial charge in [-0.2, -0.15) is 0 Å². The summed E-state index contributed by atoms with van der Waals surface area (Å²) in [6, 6.07) is 18.9. The highest BCUT2D eigenvalue weighted by atomic mass is 35.5. The third-order valence-corrected chi connectivity index (χ3v) is 5.94. The SMILES string of the molecule is CS(=O)(=O)Nc1cc(C(O)CNCCOc2ccc3c(c2)[nH]c2ccccc23)ccc1CO.Cl. The Morgan fingerprint density at radius 2 is 1.79 bits per heavy atom. The number of ether oxygens (including phenoxy) is 1. The summed E-state index contributed by atoms with van der Waals surface area (Å²) in [5.41, 5.74) is 3.33. The van der Waals surface area contributed by atoms with Crippen molar-refractivity contribution in [2.45, 2.75) is 12.7 Å². The van der Waals surface area contributed by atoms with Gasteiger partial charge in [-0.3, -0.25) is 4.72 Å². The minimum absolute atomic E-state index is 0. The molecule has 4 aromatic rings. The van der Waals surface area contributed by atoms with Gasteiger partial charge >= 0.3 is 0 Å². The van der Waals surface area contributed by atoms with Gasteiger partial charge in [0.1, 0.15) is 12.4 Å². The van der Waals surface area contributed by atoms with Crippen molar-refractivity contribution in [2.75, 3.05) is 30.7 Å². The van der Waals surface area contributed by atoms with Gasteiger partial charge in [-0.15, -0.1) is 12.4 Å². The van der Waals surface area contributed by atoms with Crippen molar-refractivity contribution >= 4 is 49.9 Å². The molecule has 0 fully saturated rings. The van der Waals surface area contributed by atoms with Crippen LogP contribution in [0.1, 0.15) is 17.2 Å². The predicted octanol–water partition coefficient (Wildman–Crippen LogP) is 3.31. The summed E-state index contributed by atoms with van der Waals surface area (Å²) < 4.78 is 31.3. The highest BCUT2D eigenvalue weighted by Crippen LogP contribution is 2.28. The van der Waals surface area contributed by atoms with Crippen molar-refractivity contribution in [3.05, 3.63) is 71.8 Å². The van der Waals surface area contributed by atoms with Gasteiger partial charge in [0.15, 0.2) is 0 Å². The molecule has 8 nitrogen and oxygen atoms in total. The van der Waals surface area contributed by atoms with Crippen LogP contribution in [0, 0.1) is 0 Å². The van der Waals surface area contributed by atoms with E-state index in [-0.39, 0.29) is 31.2 Å². The van der Waals surface area contributed by atoms with Crippen molar-refractivity contribution in [1.82, 2.24) is 10.3 Å². The van der Waals surface area contributed by atoms with Gasteiger partial charge in [0.25, 0.3) is 0 Å². The van der Waals surface area contributed by atoms with E-state index in [0.717, 1.165) is 28.4 Å². The zero-order valence-electron chi connectivity index (χ0n) is 18.6. The minimum Gasteiger partial charge on any atom is -0.492 e. The molecular weight excluding hydrogens is 478 g/mol. The normalized spacial score (nSPS) is 12.4. The van der Waals surface area contributed by atoms with Crippen LogP contribution in [0.3, 0.4) is 0 Å². The van der Waals surface area contributed by atoms with Crippen LogP contribution >= 0.6 is 12.4 Å². The number of nitrogens with one attached hydrogen (secondary N) is 3. The molecule has 0 bridgehead atoms. The Balaban J connectivity index is 0.00000324. The molecule has 0 aliphatic rings. The maximum Gasteiger partial charge on any atom is 0.229 e. The third-order valence-electron chi connectivity index (χ3n) is 5.35. The van der Waals surface area contributed by atoms with Crippen LogP contribution in [0.4, 0.5) is 5.69 Å². The van der Waals surface area contributed by atoms with E-state index in [9.17, 15) is 18.6 Å². The van der Waals surface area contributed by atoms with Crippen LogP contribution in [0.2, 0.25) is 0 Å². The van der Waals surface area contributed by atoms with Crippen LogP contribution in [0.15, 0.2) is 60.7 Å². The van der Waals surface area contributed by atoms with E-state index in [2.05, 4.69) is 21.1 Å². The second kappa shape index (κ2) is 11.1. The van der Waals surface area contributed by atoms with Crippen LogP contribution in [0.25, 0.3) is 21.8 Å². The van der Waals surface area contributed by atoms with Gasteiger partial charge < -0.3 is 25.3 Å². The summed E-state index contributed by atoms with van der Waals surface area (Å²) in [5.74, 6) is 0.757. The second-order valence-corrected chi connectivity index (χ2v) is 9.64. The quantitative estimate of drug-likeness (QED) is 0.211. The van der Waals surface area contributed by atoms with Crippen molar-refractivity contribution in [3.63, 3.8) is 0 Å². The molecule has 0 saturated carbocycles. The van der Waals surface area contributed by atoms with Crippen LogP contribution < -0.4 is 14.8 Å². The standard InChI is InChI=1S/C24H27N3O5S.ClH/c1-33(30,31)27-22-12-16(6-7-17(22)15-28)24(29)14-25-10-11-32-18-8-9-20-19-4-2-3-5-21(19)26-23(20)13-18;/h2-9,12-13,24-29H,10-11,14-15H2,1H3;1H. The Labute approximate surface area is 204 Å². The molecule has 0 aliphatic heterocycles. The van der Waals surface area contributed by atoms with Crippen LogP contribution in [-0.4, -0.2) is 49.6 Å². The molecular formula is C24H28ClN3O5S. The highest BCUT2D eigenvalue weighted by molar-refractivity contribution is 7.92. The lowest BCUT2D eigenvalue weighted by molar-refractivity contribution is 0.172. The number of halogens is 1. The molecule has 10 heteroatoms. The Kier molecular flexibility index (Phi) is 8.40. The predicted molar refractivity (Wildman–Crippen MR) is 137 cm³/mol. The van der Waals surface area contributed by atoms with E-state index in [1.54, 1.807) is 12.1 Å². The summed E-state index contributed by atoms with van der Waals surface area (Å²) in [5, 5.41) is 25.3. The first-order chi connectivity index (χ1) is 15.8. The zero-order chi connectivity index (χ0) is 23.4. The number of aliphatic hydroxyl groups is 2. The molecule has 1 heterocycles. The van der Waals surface area contributed by atoms with Gasteiger partial charge in [0, 0.05) is 41.0 Å². The number of hydrogen-bond donors (Lipinski definition) is 5. The van der Waals surface area contributed by atoms with Gasteiger partial charge in [-0.25, -0.2) is 8.42 Å². The first-order valence-electron chi connectivity index (χ1n) is 10.6. The Morgan fingerprint density at radius 1 is 1.03 bits per heavy atom. The zero-order valence-corrected chi connectivity index (χ0v) is 20.2. The lowest BCUT2D eigenvalue weighted by atomic mass is 10.1. The van der Waals surface area contributed by atoms with E-state index >= 15 is 0 Å². The third kappa shape index (κ3) is 6.19. The molecule has 1 atom stereocenters. The lowest BCUT2D eigenvalue weighted by Gasteiger charge is -2.16. The van der Waals surface area contributed by atoms with Crippen LogP contribution in [-0.2, 0) is 16.6 Å². The fraction of sp³-hybridized carbons (Fsp3) is 0.250. The second-order valence-electron chi connectivity index (χ2n) is 7.90. The maximum absolute atomic E-state index is 11.5. The number of aromatic nitrogens is 1. The van der Waals surface area contributed by atoms with Crippen LogP contribution in [0.5, 0.6) is 5.75 Å². The topological polar surface area (TPSA) is 124 Å². The average molecular weight is 506 g/mol. The molecule has 5 N–H and O–H groups in total. The summed E-state index contributed by atoms with van der Waals surface area (Å²) in [6.07, 6.45) is 0.190. The number of rotatable bonds is 10. The summed E-state index contributed by atoms with van der Waals surface area (Å²) in [7, 11) is -3.50. The molecule has 1 aromatic heterocycles. The Hall–Kier alpha value is -2.82. The number of sulfonamides is 1. The van der Waals surface area contributed by atoms with E-state index in [4.69, 9.17) is 4.74 Å². The first kappa shape index (κ1) is 25.8. The van der Waals surface area contributed by atoms with Gasteiger partial charge in [-0.1, -0.05) is 30.3 Å². The number of aliphatic hydroxyl groups excluding tert-OH is 2. The molecule has 3 aromatic carbocycles. The number of H-pyrrole nitrogens is 1. The molecule has 0 amide bonds. The van der Waals surface area contributed by atoms with E-state index in [0.29, 0.717) is 24.3 Å². The molecule has 1 unspecified atom stereocenters. The number of para-hydroxylation sites is 1. The number of aromatic amines is 1. The highest BCUT2D eigenvalue weighted by Gasteiger charge is 2.13. The molecule has 0 saturated heterocycles. The number of anilines is 1. The fourth-order valence-electron chi connectivity index (χ4n) is 3.76. The van der Waals surface area contributed by atoms with E-state index < -0.39 is 16.1 Å². The molecule has 4 rings (SSSR count). The summed E-state index contributed by atoms with van der Waals surface area (Å²) in [4.78, 5) is 3.39. The number of fused-ring (bicyclic) bond motifs is 3. The smallest absolute Gasteiger partial charge is 0.229 e. The average Bonchev–Trinajstić information content (AvgIpc) is 3.15. The fourth-order valence-corrected chi connectivity index (χ4v) is 4.34. The molecule has 34 heavy (non-hydrogen) atoms. The minimum atomic E-state index is -3.50. The maximum atomic E-state index is 11.5. The lowest BCUT2D eigenvalue weighted by Crippen LogP contribution is -2.26. The summed E-state index contributed by atoms with van der Waals surface area (Å²) in [6.45, 7) is 0.892. The summed E-state index contributed by atoms with van der Waals surface area (Å²) >= 11 is 0.